The molecule has 1 fully saturated rings. The second-order valence-corrected chi connectivity index (χ2v) is 4.22. The molecule has 1 saturated heterocycles. The molecule has 2 N–H and O–H groups in total. The van der Waals surface area contributed by atoms with E-state index < -0.39 is 12.1 Å². The summed E-state index contributed by atoms with van der Waals surface area (Å²) >= 11 is 0. The highest BCUT2D eigenvalue weighted by Gasteiger charge is 2.29. The predicted molar refractivity (Wildman–Crippen MR) is 67.6 cm³/mol. The van der Waals surface area contributed by atoms with E-state index in [2.05, 4.69) is 5.32 Å². The Bertz CT molecular complexity index is 440. The van der Waals surface area contributed by atoms with Crippen LogP contribution in [0.4, 0.5) is 0 Å². The molecule has 1 amide bonds. The number of amides is 1. The molecule has 2 rings (SSSR count). The molecule has 1 aliphatic rings. The highest BCUT2D eigenvalue weighted by Crippen LogP contribution is 2.28. The van der Waals surface area contributed by atoms with Gasteiger partial charge in [-0.3, -0.25) is 4.79 Å². The molecular formula is C13H17NO5. The number of aliphatic hydroxyl groups is 1. The van der Waals surface area contributed by atoms with Crippen LogP contribution in [0.3, 0.4) is 0 Å². The Morgan fingerprint density at radius 2 is 1.95 bits per heavy atom. The van der Waals surface area contributed by atoms with Crippen LogP contribution in [-0.2, 0) is 4.74 Å². The Morgan fingerprint density at radius 3 is 2.42 bits per heavy atom. The summed E-state index contributed by atoms with van der Waals surface area (Å²) in [6.07, 6.45) is -0.690. The molecule has 0 bridgehead atoms. The number of carbonyl (C=O) groups excluding carboxylic acids is 1. The molecule has 2 atom stereocenters. The average Bonchev–Trinajstić information content (AvgIpc) is 2.83. The van der Waals surface area contributed by atoms with Crippen molar-refractivity contribution in [3.63, 3.8) is 0 Å². The van der Waals surface area contributed by atoms with E-state index in [9.17, 15) is 9.90 Å². The summed E-state index contributed by atoms with van der Waals surface area (Å²) < 4.78 is 15.4. The molecule has 0 spiro atoms. The third-order valence-electron chi connectivity index (χ3n) is 3.02. The van der Waals surface area contributed by atoms with Crippen LogP contribution in [0.2, 0.25) is 0 Å². The van der Waals surface area contributed by atoms with Gasteiger partial charge in [0.2, 0.25) is 0 Å². The van der Waals surface area contributed by atoms with Gasteiger partial charge in [-0.15, -0.1) is 0 Å². The lowest BCUT2D eigenvalue weighted by Gasteiger charge is -2.17. The minimum absolute atomic E-state index is 0.230. The average molecular weight is 267 g/mol. The van der Waals surface area contributed by atoms with Gasteiger partial charge < -0.3 is 24.6 Å². The first-order valence-electron chi connectivity index (χ1n) is 5.95. The van der Waals surface area contributed by atoms with E-state index in [-0.39, 0.29) is 12.5 Å². The fourth-order valence-electron chi connectivity index (χ4n) is 2.00. The first-order chi connectivity index (χ1) is 9.17. The zero-order valence-corrected chi connectivity index (χ0v) is 10.9. The summed E-state index contributed by atoms with van der Waals surface area (Å²) in [5.74, 6) is 0.486. The molecular weight excluding hydrogens is 250 g/mol. The van der Waals surface area contributed by atoms with Gasteiger partial charge in [0.25, 0.3) is 5.91 Å². The molecule has 1 aliphatic heterocycles. The summed E-state index contributed by atoms with van der Waals surface area (Å²) in [7, 11) is 2.97. The molecule has 0 radical (unpaired) electrons. The van der Waals surface area contributed by atoms with Crippen LogP contribution in [0.1, 0.15) is 10.4 Å². The van der Waals surface area contributed by atoms with Crippen LogP contribution in [0, 0.1) is 0 Å². The van der Waals surface area contributed by atoms with E-state index in [0.717, 1.165) is 0 Å². The normalized spacial score (nSPS) is 22.1. The Hall–Kier alpha value is -1.79. The summed E-state index contributed by atoms with van der Waals surface area (Å²) in [4.78, 5) is 12.3. The van der Waals surface area contributed by atoms with Gasteiger partial charge in [0, 0.05) is 0 Å². The van der Waals surface area contributed by atoms with Crippen molar-refractivity contribution in [3.05, 3.63) is 23.8 Å². The Balaban J connectivity index is 2.22. The zero-order valence-electron chi connectivity index (χ0n) is 10.9. The smallest absolute Gasteiger partial charge is 0.259 e. The largest absolute Gasteiger partial charge is 0.496 e. The van der Waals surface area contributed by atoms with Crippen LogP contribution in [-0.4, -0.2) is 50.6 Å². The fraction of sp³-hybridized carbons (Fsp3) is 0.462. The minimum Gasteiger partial charge on any atom is -0.496 e. The first kappa shape index (κ1) is 13.6. The molecule has 0 saturated carbocycles. The number of nitrogens with one attached hydrogen (secondary N) is 1. The maximum atomic E-state index is 12.3. The van der Waals surface area contributed by atoms with Gasteiger partial charge in [-0.1, -0.05) is 6.07 Å². The molecule has 6 nitrogen and oxygen atoms in total. The van der Waals surface area contributed by atoms with Crippen molar-refractivity contribution in [2.75, 3.05) is 27.4 Å². The SMILES string of the molecule is COc1cccc(OC)c1C(=O)N[C@H]1COC[C@H]1O. The quantitative estimate of drug-likeness (QED) is 0.814. The second-order valence-electron chi connectivity index (χ2n) is 4.22. The number of rotatable bonds is 4. The van der Waals surface area contributed by atoms with Crippen LogP contribution >= 0.6 is 0 Å². The molecule has 19 heavy (non-hydrogen) atoms. The van der Waals surface area contributed by atoms with Gasteiger partial charge in [0.15, 0.2) is 0 Å². The van der Waals surface area contributed by atoms with Gasteiger partial charge in [-0.2, -0.15) is 0 Å². The van der Waals surface area contributed by atoms with Crippen molar-refractivity contribution in [2.24, 2.45) is 0 Å². The zero-order chi connectivity index (χ0) is 13.8. The van der Waals surface area contributed by atoms with Crippen molar-refractivity contribution in [3.8, 4) is 11.5 Å². The molecule has 104 valence electrons. The third-order valence-corrected chi connectivity index (χ3v) is 3.02. The van der Waals surface area contributed by atoms with Crippen LogP contribution in [0.15, 0.2) is 18.2 Å². The van der Waals surface area contributed by atoms with Crippen molar-refractivity contribution in [1.29, 1.82) is 0 Å². The van der Waals surface area contributed by atoms with E-state index in [4.69, 9.17) is 14.2 Å². The van der Waals surface area contributed by atoms with Gasteiger partial charge in [0.1, 0.15) is 17.1 Å². The van der Waals surface area contributed by atoms with E-state index in [1.807, 2.05) is 0 Å². The Kier molecular flexibility index (Phi) is 4.24. The minimum atomic E-state index is -0.690. The fourth-order valence-corrected chi connectivity index (χ4v) is 2.00. The summed E-state index contributed by atoms with van der Waals surface area (Å²) in [5, 5.41) is 12.4. The summed E-state index contributed by atoms with van der Waals surface area (Å²) in [6.45, 7) is 0.526. The molecule has 0 aromatic heterocycles. The number of benzene rings is 1. The third kappa shape index (κ3) is 2.80. The summed E-state index contributed by atoms with van der Waals surface area (Å²) in [6, 6.07) is 4.68. The van der Waals surface area contributed by atoms with Crippen LogP contribution < -0.4 is 14.8 Å². The molecule has 0 aliphatic carbocycles. The van der Waals surface area contributed by atoms with Gasteiger partial charge >= 0.3 is 0 Å². The lowest BCUT2D eigenvalue weighted by atomic mass is 10.1. The molecule has 0 unspecified atom stereocenters. The Morgan fingerprint density at radius 1 is 1.32 bits per heavy atom. The van der Waals surface area contributed by atoms with E-state index in [0.29, 0.717) is 23.7 Å². The number of aliphatic hydroxyl groups excluding tert-OH is 1. The number of hydrogen-bond acceptors (Lipinski definition) is 5. The number of methoxy groups -OCH3 is 2. The number of hydrogen-bond donors (Lipinski definition) is 2. The van der Waals surface area contributed by atoms with Crippen LogP contribution in [0.25, 0.3) is 0 Å². The topological polar surface area (TPSA) is 77.0 Å². The Labute approximate surface area is 111 Å². The van der Waals surface area contributed by atoms with Crippen LogP contribution in [0.5, 0.6) is 11.5 Å². The molecule has 1 aromatic rings. The van der Waals surface area contributed by atoms with Crippen molar-refractivity contribution >= 4 is 5.91 Å². The molecule has 1 heterocycles. The standard InChI is InChI=1S/C13H17NO5/c1-17-10-4-3-5-11(18-2)12(10)13(16)14-8-6-19-7-9(8)15/h3-5,8-9,15H,6-7H2,1-2H3,(H,14,16)/t8-,9+/m0/s1. The van der Waals surface area contributed by atoms with E-state index in [1.54, 1.807) is 18.2 Å². The van der Waals surface area contributed by atoms with Crippen molar-refractivity contribution in [2.45, 2.75) is 12.1 Å². The first-order valence-corrected chi connectivity index (χ1v) is 5.95. The van der Waals surface area contributed by atoms with Crippen molar-refractivity contribution < 1.29 is 24.1 Å². The molecule has 1 aromatic carbocycles. The van der Waals surface area contributed by atoms with Gasteiger partial charge in [0.05, 0.1) is 39.6 Å². The maximum Gasteiger partial charge on any atom is 0.259 e. The highest BCUT2D eigenvalue weighted by atomic mass is 16.5. The highest BCUT2D eigenvalue weighted by molar-refractivity contribution is 6.00. The monoisotopic (exact) mass is 267 g/mol. The maximum absolute atomic E-state index is 12.3. The van der Waals surface area contributed by atoms with Crippen molar-refractivity contribution in [1.82, 2.24) is 5.32 Å². The lowest BCUT2D eigenvalue weighted by molar-refractivity contribution is 0.0880. The lowest BCUT2D eigenvalue weighted by Crippen LogP contribution is -2.42. The number of carbonyl (C=O) groups is 1. The summed E-state index contributed by atoms with van der Waals surface area (Å²) in [5.41, 5.74) is 0.312. The van der Waals surface area contributed by atoms with Gasteiger partial charge in [-0.05, 0) is 12.1 Å². The van der Waals surface area contributed by atoms with Gasteiger partial charge in [-0.25, -0.2) is 0 Å². The van der Waals surface area contributed by atoms with E-state index in [1.165, 1.54) is 14.2 Å². The van der Waals surface area contributed by atoms with E-state index >= 15 is 0 Å². The number of ether oxygens (including phenoxy) is 3. The molecule has 6 heteroatoms. The predicted octanol–water partition coefficient (Wildman–Crippen LogP) is 0.193. The second kappa shape index (κ2) is 5.90.